The largest absolute Gasteiger partial charge is 0.508 e. The van der Waals surface area contributed by atoms with Crippen molar-refractivity contribution in [1.29, 1.82) is 0 Å². The van der Waals surface area contributed by atoms with Crippen molar-refractivity contribution < 1.29 is 58.2 Å². The topological polar surface area (TPSA) is 385 Å². The average Bonchev–Trinajstić information content (AvgIpc) is 3.23. The van der Waals surface area contributed by atoms with Gasteiger partial charge >= 0.3 is 5.97 Å². The molecule has 1 heterocycles. The number of amides is 9. The van der Waals surface area contributed by atoms with E-state index in [0.29, 0.717) is 37.1 Å². The Bertz CT molecular complexity index is 1760. The fourth-order valence-electron chi connectivity index (χ4n) is 5.60. The van der Waals surface area contributed by atoms with Gasteiger partial charge in [-0.1, -0.05) is 12.1 Å². The average molecular weight is 944 g/mol. The third-order valence-corrected chi connectivity index (χ3v) is 11.4. The van der Waals surface area contributed by atoms with E-state index < -0.39 is 121 Å². The third-order valence-electron chi connectivity index (χ3n) is 8.87. The maximum atomic E-state index is 13.9. The first-order chi connectivity index (χ1) is 30.0. The minimum atomic E-state index is -1.78. The van der Waals surface area contributed by atoms with Gasteiger partial charge in [-0.15, -0.1) is 11.8 Å². The Kier molecular flexibility index (Phi) is 24.9. The number of carboxylic acid groups (broad SMARTS) is 1. The smallest absolute Gasteiger partial charge is 0.305 e. The second-order valence-corrected chi connectivity index (χ2v) is 16.6. The molecular weight excluding hydrogens is 887 g/mol. The number of primary amides is 1. The van der Waals surface area contributed by atoms with Crippen molar-refractivity contribution in [2.75, 3.05) is 54.9 Å². The van der Waals surface area contributed by atoms with Crippen LogP contribution in [0, 0.1) is 0 Å². The molecule has 0 unspecified atom stereocenters. The fourth-order valence-corrected chi connectivity index (χ4v) is 7.72. The summed E-state index contributed by atoms with van der Waals surface area (Å²) in [6.45, 7) is -0.671. The minimum Gasteiger partial charge on any atom is -0.508 e. The zero-order chi connectivity index (χ0) is 46.9. The number of hydrogen-bond donors (Lipinski definition) is 14. The first-order valence-electron chi connectivity index (χ1n) is 19.8. The van der Waals surface area contributed by atoms with Crippen LogP contribution in [0.3, 0.4) is 0 Å². The van der Waals surface area contributed by atoms with Crippen molar-refractivity contribution >= 4 is 95.3 Å². The Morgan fingerprint density at radius 1 is 0.825 bits per heavy atom. The summed E-state index contributed by atoms with van der Waals surface area (Å²) in [4.78, 5) is 130. The molecule has 26 heteroatoms. The predicted molar refractivity (Wildman–Crippen MR) is 236 cm³/mol. The molecule has 0 radical (unpaired) electrons. The lowest BCUT2D eigenvalue weighted by Gasteiger charge is -2.26. The molecule has 350 valence electrons. The van der Waals surface area contributed by atoms with Gasteiger partial charge in [-0.2, -0.15) is 24.4 Å². The van der Waals surface area contributed by atoms with Crippen molar-refractivity contribution in [1.82, 2.24) is 42.5 Å². The Morgan fingerprint density at radius 3 is 2.13 bits per heavy atom. The van der Waals surface area contributed by atoms with Gasteiger partial charge in [0.05, 0.1) is 25.3 Å². The van der Waals surface area contributed by atoms with Gasteiger partial charge in [-0.05, 0) is 62.2 Å². The lowest BCUT2D eigenvalue weighted by atomic mass is 10.0. The molecule has 0 saturated carbocycles. The van der Waals surface area contributed by atoms with E-state index in [9.17, 15) is 58.2 Å². The Hall–Kier alpha value is -5.31. The molecule has 1 aromatic rings. The molecule has 1 fully saturated rings. The molecule has 63 heavy (non-hydrogen) atoms. The van der Waals surface area contributed by atoms with E-state index in [2.05, 4.69) is 55.2 Å². The number of thioether (sulfide) groups is 2. The molecule has 1 aliphatic heterocycles. The maximum Gasteiger partial charge on any atom is 0.305 e. The second kappa shape index (κ2) is 29.1. The Morgan fingerprint density at radius 2 is 1.49 bits per heavy atom. The molecule has 1 saturated heterocycles. The van der Waals surface area contributed by atoms with E-state index in [-0.39, 0.29) is 42.4 Å². The van der Waals surface area contributed by atoms with Gasteiger partial charge in [-0.25, -0.2) is 0 Å². The number of carboxylic acids is 1. The molecule has 0 spiro atoms. The number of phenolic OH excluding ortho intramolecular Hbond substituents is 1. The summed E-state index contributed by atoms with van der Waals surface area (Å²) in [6.07, 6.45) is 0.299. The van der Waals surface area contributed by atoms with Crippen LogP contribution in [0.25, 0.3) is 0 Å². The van der Waals surface area contributed by atoms with Gasteiger partial charge in [-0.3, -0.25) is 47.9 Å². The molecule has 1 aromatic carbocycles. The van der Waals surface area contributed by atoms with Gasteiger partial charge in [0.15, 0.2) is 0 Å². The minimum absolute atomic E-state index is 0.00562. The number of nitrogens with one attached hydrogen (secondary N) is 8. The molecule has 2 rings (SSSR count). The number of rotatable bonds is 21. The summed E-state index contributed by atoms with van der Waals surface area (Å²) >= 11 is 6.21. The van der Waals surface area contributed by atoms with E-state index in [1.807, 2.05) is 0 Å². The van der Waals surface area contributed by atoms with E-state index in [1.165, 1.54) is 36.0 Å². The standard InChI is InChI=1S/C37H57N11O12S3/c38-9-2-1-4-22(34(57)46-25(16-61)32(55)41-14-28(40)50)45-37(60)27-18-63-19-30(52)44-23(12-20-5-7-21(49)8-6-20)35(58)47-26(17-62-11-3-10-39)33(56)42-15-29(51)43-24(13-31(53)54)36(59)48-27/h5-8,22-27,49,61H,1-4,9-19,38-39H2,(H2,40,50)(H,41,55)(H,42,56)(H,43,51)(H,44,52)(H,45,60)(H,46,57)(H,47,58)(H,48,59)(H,53,54)/t22-,23-,24+,25-,26+,27+/m0/s1. The maximum absolute atomic E-state index is 13.9. The summed E-state index contributed by atoms with van der Waals surface area (Å²) in [6, 6.07) is -2.62. The van der Waals surface area contributed by atoms with Crippen LogP contribution >= 0.6 is 36.2 Å². The second-order valence-electron chi connectivity index (χ2n) is 14.1. The lowest BCUT2D eigenvalue weighted by Crippen LogP contribution is -2.60. The highest BCUT2D eigenvalue weighted by Crippen LogP contribution is 2.14. The van der Waals surface area contributed by atoms with Crippen molar-refractivity contribution in [2.45, 2.75) is 74.8 Å². The number of thiol groups is 1. The van der Waals surface area contributed by atoms with Crippen LogP contribution in [0.15, 0.2) is 24.3 Å². The molecule has 6 atom stereocenters. The van der Waals surface area contributed by atoms with Crippen LogP contribution in [0.1, 0.15) is 37.7 Å². The normalized spacial score (nSPS) is 20.1. The van der Waals surface area contributed by atoms with Gasteiger partial charge in [0, 0.05) is 23.7 Å². The number of phenols is 1. The van der Waals surface area contributed by atoms with Gasteiger partial charge in [0.2, 0.25) is 53.2 Å². The number of aromatic hydroxyl groups is 1. The first-order valence-corrected chi connectivity index (χ1v) is 22.7. The van der Waals surface area contributed by atoms with E-state index in [4.69, 9.17) is 17.2 Å². The van der Waals surface area contributed by atoms with Gasteiger partial charge < -0.3 is 69.9 Å². The zero-order valence-corrected chi connectivity index (χ0v) is 36.9. The Balaban J connectivity index is 2.48. The number of benzene rings is 1. The van der Waals surface area contributed by atoms with Crippen LogP contribution in [-0.2, 0) is 54.4 Å². The summed E-state index contributed by atoms with van der Waals surface area (Å²) in [5.41, 5.74) is 16.8. The highest BCUT2D eigenvalue weighted by Gasteiger charge is 2.33. The third kappa shape index (κ3) is 21.1. The SMILES string of the molecule is NCCCC[C@H](NC(=O)[C@H]1CSCC(=O)N[C@@H](Cc2ccc(O)cc2)C(=O)N[C@H](CSCCCN)C(=O)NCC(=O)N[C@H](CC(=O)O)C(=O)N1)C(=O)N[C@@H](CS)C(=O)NCC(N)=O. The number of carbonyl (C=O) groups excluding carboxylic acids is 9. The van der Waals surface area contributed by atoms with Crippen LogP contribution in [0.5, 0.6) is 5.75 Å². The van der Waals surface area contributed by atoms with Crippen LogP contribution in [-0.4, -0.2) is 161 Å². The first kappa shape index (κ1) is 53.8. The molecule has 9 amide bonds. The molecule has 16 N–H and O–H groups in total. The lowest BCUT2D eigenvalue weighted by molar-refractivity contribution is -0.141. The van der Waals surface area contributed by atoms with Crippen molar-refractivity contribution in [3.05, 3.63) is 29.8 Å². The molecule has 0 bridgehead atoms. The number of unbranched alkanes of at least 4 members (excludes halogenated alkanes) is 1. The van der Waals surface area contributed by atoms with E-state index in [0.717, 1.165) is 11.8 Å². The number of nitrogens with two attached hydrogens (primary N) is 3. The highest BCUT2D eigenvalue weighted by molar-refractivity contribution is 8.00. The monoisotopic (exact) mass is 943 g/mol. The molecule has 23 nitrogen and oxygen atoms in total. The summed E-state index contributed by atoms with van der Waals surface area (Å²) in [7, 11) is 0. The van der Waals surface area contributed by atoms with Crippen molar-refractivity contribution in [3.8, 4) is 5.75 Å². The zero-order valence-electron chi connectivity index (χ0n) is 34.4. The van der Waals surface area contributed by atoms with Crippen LogP contribution in [0.2, 0.25) is 0 Å². The Labute approximate surface area is 377 Å². The van der Waals surface area contributed by atoms with Gasteiger partial charge in [0.1, 0.15) is 42.0 Å². The van der Waals surface area contributed by atoms with Crippen LogP contribution in [0.4, 0.5) is 0 Å². The molecule has 1 aliphatic rings. The molecule has 0 aromatic heterocycles. The fraction of sp³-hybridized carbons (Fsp3) is 0.568. The van der Waals surface area contributed by atoms with E-state index >= 15 is 0 Å². The summed E-state index contributed by atoms with van der Waals surface area (Å²) < 4.78 is 0. The van der Waals surface area contributed by atoms with Gasteiger partial charge in [0.25, 0.3) is 0 Å². The van der Waals surface area contributed by atoms with Crippen molar-refractivity contribution in [3.63, 3.8) is 0 Å². The molecular formula is C37H57N11O12S3. The number of aliphatic carboxylic acids is 1. The quantitative estimate of drug-likeness (QED) is 0.0405. The van der Waals surface area contributed by atoms with Crippen LogP contribution < -0.4 is 59.7 Å². The molecule has 0 aliphatic carbocycles. The summed E-state index contributed by atoms with van der Waals surface area (Å²) in [5, 5.41) is 38.8. The number of carbonyl (C=O) groups is 10. The van der Waals surface area contributed by atoms with E-state index in [1.54, 1.807) is 0 Å². The van der Waals surface area contributed by atoms with Crippen molar-refractivity contribution in [2.24, 2.45) is 17.2 Å². The highest BCUT2D eigenvalue weighted by atomic mass is 32.2. The number of hydrogen-bond acceptors (Lipinski definition) is 16. The summed E-state index contributed by atoms with van der Waals surface area (Å²) in [5.74, 6) is -9.83. The predicted octanol–water partition coefficient (Wildman–Crippen LogP) is -5.08.